The second-order valence-electron chi connectivity index (χ2n) is 3.94. The van der Waals surface area contributed by atoms with Crippen molar-refractivity contribution in [3.63, 3.8) is 0 Å². The monoisotopic (exact) mass is 311 g/mol. The Hall–Kier alpha value is -1.63. The van der Waals surface area contributed by atoms with Crippen LogP contribution < -0.4 is 10.5 Å². The maximum absolute atomic E-state index is 5.53. The Bertz CT molecular complexity index is 581. The molecule has 0 amide bonds. The highest BCUT2D eigenvalue weighted by Crippen LogP contribution is 2.24. The minimum Gasteiger partial charge on any atom is -0.496 e. The van der Waals surface area contributed by atoms with Gasteiger partial charge in [-0.25, -0.2) is 4.68 Å². The van der Waals surface area contributed by atoms with E-state index >= 15 is 0 Å². The van der Waals surface area contributed by atoms with Crippen LogP contribution in [0.2, 0.25) is 0 Å². The Morgan fingerprint density at radius 3 is 2.72 bits per heavy atom. The molecule has 0 spiro atoms. The van der Waals surface area contributed by atoms with Crippen LogP contribution in [-0.4, -0.2) is 26.9 Å². The predicted molar refractivity (Wildman–Crippen MR) is 71.5 cm³/mol. The molecule has 0 aromatic carbocycles. The molecule has 2 aromatic heterocycles. The summed E-state index contributed by atoms with van der Waals surface area (Å²) in [6.07, 6.45) is 1.79. The third-order valence-corrected chi connectivity index (χ3v) is 3.28. The Morgan fingerprint density at radius 2 is 2.17 bits per heavy atom. The Kier molecular flexibility index (Phi) is 3.51. The molecule has 0 aliphatic carbocycles. The molecule has 6 nitrogen and oxygen atoms in total. The van der Waals surface area contributed by atoms with Crippen molar-refractivity contribution in [2.75, 3.05) is 12.8 Å². The Labute approximate surface area is 113 Å². The zero-order chi connectivity index (χ0) is 13.3. The van der Waals surface area contributed by atoms with Crippen molar-refractivity contribution in [2.24, 2.45) is 0 Å². The number of anilines is 1. The van der Waals surface area contributed by atoms with E-state index < -0.39 is 0 Å². The molecular weight excluding hydrogens is 298 g/mol. The molecule has 0 aliphatic heterocycles. The number of methoxy groups -OCH3 is 1. The first-order chi connectivity index (χ1) is 8.52. The number of aryl methyl sites for hydroxylation is 1. The van der Waals surface area contributed by atoms with Gasteiger partial charge >= 0.3 is 0 Å². The van der Waals surface area contributed by atoms with Crippen molar-refractivity contribution < 1.29 is 4.74 Å². The van der Waals surface area contributed by atoms with E-state index in [0.29, 0.717) is 11.3 Å². The highest BCUT2D eigenvalue weighted by molar-refractivity contribution is 9.10. The summed E-state index contributed by atoms with van der Waals surface area (Å²) >= 11 is 3.30. The summed E-state index contributed by atoms with van der Waals surface area (Å²) in [7, 11) is 1.66. The number of aromatic nitrogens is 4. The molecule has 2 aromatic rings. The average Bonchev–Trinajstić information content (AvgIpc) is 2.62. The fraction of sp³-hybridized carbons (Fsp3) is 0.364. The van der Waals surface area contributed by atoms with Crippen LogP contribution in [0.25, 0.3) is 0 Å². The maximum atomic E-state index is 5.53. The largest absolute Gasteiger partial charge is 0.496 e. The van der Waals surface area contributed by atoms with Gasteiger partial charge in [0, 0.05) is 17.3 Å². The molecule has 7 heteroatoms. The van der Waals surface area contributed by atoms with E-state index in [9.17, 15) is 0 Å². The molecule has 0 atom stereocenters. The van der Waals surface area contributed by atoms with Gasteiger partial charge in [-0.1, -0.05) is 0 Å². The lowest BCUT2D eigenvalue weighted by atomic mass is 10.1. The molecule has 2 heterocycles. The van der Waals surface area contributed by atoms with E-state index in [-0.39, 0.29) is 5.95 Å². The Morgan fingerprint density at radius 1 is 1.44 bits per heavy atom. The third-order valence-electron chi connectivity index (χ3n) is 2.69. The zero-order valence-corrected chi connectivity index (χ0v) is 12.0. The zero-order valence-electron chi connectivity index (χ0n) is 10.4. The first kappa shape index (κ1) is 12.8. The number of rotatable bonds is 3. The standard InChI is InChI=1S/C11H14BrN5O/c1-6-4-14-8(7(2)9(6)18-3)5-17-10(12)15-11(13)16-17/h4H,5H2,1-3H3,(H2,13,16). The van der Waals surface area contributed by atoms with Crippen LogP contribution in [0.15, 0.2) is 10.9 Å². The van der Waals surface area contributed by atoms with E-state index in [0.717, 1.165) is 22.6 Å². The topological polar surface area (TPSA) is 78.8 Å². The smallest absolute Gasteiger partial charge is 0.240 e. The number of nitrogens with zero attached hydrogens (tertiary/aromatic N) is 4. The first-order valence-corrected chi connectivity index (χ1v) is 6.17. The summed E-state index contributed by atoms with van der Waals surface area (Å²) < 4.78 is 7.60. The van der Waals surface area contributed by atoms with Crippen molar-refractivity contribution in [1.29, 1.82) is 0 Å². The molecule has 0 saturated heterocycles. The van der Waals surface area contributed by atoms with Gasteiger partial charge in [0.15, 0.2) is 4.73 Å². The van der Waals surface area contributed by atoms with E-state index in [2.05, 4.69) is 31.0 Å². The maximum Gasteiger partial charge on any atom is 0.240 e. The van der Waals surface area contributed by atoms with Gasteiger partial charge < -0.3 is 10.5 Å². The van der Waals surface area contributed by atoms with Gasteiger partial charge in [0.2, 0.25) is 5.95 Å². The summed E-state index contributed by atoms with van der Waals surface area (Å²) in [6.45, 7) is 4.43. The van der Waals surface area contributed by atoms with Crippen molar-refractivity contribution in [3.05, 3.63) is 27.8 Å². The molecule has 0 saturated carbocycles. The van der Waals surface area contributed by atoms with Crippen LogP contribution in [0.5, 0.6) is 5.75 Å². The second kappa shape index (κ2) is 4.93. The summed E-state index contributed by atoms with van der Waals surface area (Å²) in [5.41, 5.74) is 8.42. The third kappa shape index (κ3) is 2.31. The molecular formula is C11H14BrN5O. The number of pyridine rings is 1. The summed E-state index contributed by atoms with van der Waals surface area (Å²) in [4.78, 5) is 8.39. The lowest BCUT2D eigenvalue weighted by molar-refractivity contribution is 0.406. The number of hydrogen-bond acceptors (Lipinski definition) is 5. The van der Waals surface area contributed by atoms with Crippen LogP contribution >= 0.6 is 15.9 Å². The number of nitrogen functional groups attached to an aromatic ring is 1. The molecule has 0 unspecified atom stereocenters. The van der Waals surface area contributed by atoms with Crippen molar-refractivity contribution in [1.82, 2.24) is 19.7 Å². The van der Waals surface area contributed by atoms with Crippen molar-refractivity contribution in [2.45, 2.75) is 20.4 Å². The highest BCUT2D eigenvalue weighted by Gasteiger charge is 2.12. The highest BCUT2D eigenvalue weighted by atomic mass is 79.9. The molecule has 0 bridgehead atoms. The predicted octanol–water partition coefficient (Wildman–Crippen LogP) is 1.69. The van der Waals surface area contributed by atoms with E-state index in [1.54, 1.807) is 18.0 Å². The molecule has 0 radical (unpaired) electrons. The summed E-state index contributed by atoms with van der Waals surface area (Å²) in [5, 5.41) is 4.08. The fourth-order valence-corrected chi connectivity index (χ4v) is 2.20. The van der Waals surface area contributed by atoms with Gasteiger partial charge in [0.05, 0.1) is 19.3 Å². The molecule has 18 heavy (non-hydrogen) atoms. The van der Waals surface area contributed by atoms with Gasteiger partial charge in [-0.2, -0.15) is 4.98 Å². The van der Waals surface area contributed by atoms with E-state index in [4.69, 9.17) is 10.5 Å². The first-order valence-electron chi connectivity index (χ1n) is 5.37. The van der Waals surface area contributed by atoms with Gasteiger partial charge in [-0.15, -0.1) is 5.10 Å². The number of halogens is 1. The minimum absolute atomic E-state index is 0.235. The van der Waals surface area contributed by atoms with E-state index in [1.165, 1.54) is 0 Å². The molecule has 2 N–H and O–H groups in total. The van der Waals surface area contributed by atoms with E-state index in [1.807, 2.05) is 13.8 Å². The van der Waals surface area contributed by atoms with Crippen molar-refractivity contribution >= 4 is 21.9 Å². The fourth-order valence-electron chi connectivity index (χ4n) is 1.81. The lowest BCUT2D eigenvalue weighted by Crippen LogP contribution is -2.08. The molecule has 96 valence electrons. The molecule has 2 rings (SSSR count). The number of ether oxygens (including phenoxy) is 1. The number of nitrogens with two attached hydrogens (primary N) is 1. The van der Waals surface area contributed by atoms with Gasteiger partial charge in [0.1, 0.15) is 5.75 Å². The average molecular weight is 312 g/mol. The second-order valence-corrected chi connectivity index (χ2v) is 4.65. The normalized spacial score (nSPS) is 10.7. The van der Waals surface area contributed by atoms with Crippen LogP contribution in [0.1, 0.15) is 16.8 Å². The van der Waals surface area contributed by atoms with Gasteiger partial charge in [-0.3, -0.25) is 4.98 Å². The quantitative estimate of drug-likeness (QED) is 0.933. The Balaban J connectivity index is 2.38. The van der Waals surface area contributed by atoms with Crippen LogP contribution in [0, 0.1) is 13.8 Å². The van der Waals surface area contributed by atoms with Crippen LogP contribution in [0.3, 0.4) is 0 Å². The molecule has 0 aliphatic rings. The van der Waals surface area contributed by atoms with Gasteiger partial charge in [0.25, 0.3) is 0 Å². The lowest BCUT2D eigenvalue weighted by Gasteiger charge is -2.12. The summed E-state index contributed by atoms with van der Waals surface area (Å²) in [6, 6.07) is 0. The number of hydrogen-bond donors (Lipinski definition) is 1. The van der Waals surface area contributed by atoms with Crippen LogP contribution in [0.4, 0.5) is 5.95 Å². The molecule has 0 fully saturated rings. The van der Waals surface area contributed by atoms with Crippen molar-refractivity contribution in [3.8, 4) is 5.75 Å². The van der Waals surface area contributed by atoms with Crippen LogP contribution in [-0.2, 0) is 6.54 Å². The minimum atomic E-state index is 0.235. The SMILES string of the molecule is COc1c(C)cnc(Cn2nc(N)nc2Br)c1C. The van der Waals surface area contributed by atoms with Gasteiger partial charge in [-0.05, 0) is 29.8 Å². The summed E-state index contributed by atoms with van der Waals surface area (Å²) in [5.74, 6) is 1.09.